The van der Waals surface area contributed by atoms with E-state index in [-0.39, 0.29) is 13.4 Å². The van der Waals surface area contributed by atoms with Gasteiger partial charge in [0.2, 0.25) is 0 Å². The van der Waals surface area contributed by atoms with Gasteiger partial charge in [0, 0.05) is 6.42 Å². The Bertz CT molecular complexity index is 283. The smallest absolute Gasteiger partial charge is 0.354 e. The van der Waals surface area contributed by atoms with Gasteiger partial charge in [-0.05, 0) is 0 Å². The van der Waals surface area contributed by atoms with E-state index in [0.29, 0.717) is 6.42 Å². The predicted molar refractivity (Wildman–Crippen MR) is 52.6 cm³/mol. The molecule has 0 atom stereocenters. The van der Waals surface area contributed by atoms with Crippen molar-refractivity contribution in [2.24, 2.45) is 0 Å². The Labute approximate surface area is 91.8 Å². The Hall–Kier alpha value is -1.72. The molecule has 0 aliphatic rings. The molecule has 0 aromatic rings. The van der Waals surface area contributed by atoms with Crippen molar-refractivity contribution in [2.45, 2.75) is 19.0 Å². The van der Waals surface area contributed by atoms with Crippen LogP contribution in [0.4, 0.5) is 0 Å². The number of nitro groups is 2. The van der Waals surface area contributed by atoms with Gasteiger partial charge in [-0.3, -0.25) is 20.2 Å². The summed E-state index contributed by atoms with van der Waals surface area (Å²) in [6.45, 7) is 0.181. The molecule has 0 radical (unpaired) electrons. The average molecular weight is 232 g/mol. The standard InChI is InChI=1S/C8H12N2O6/c1-3-4-5-15-7-16-6-8(2,9(11)12)10(13)14/h1H,4-7H2,2H3. The zero-order valence-electron chi connectivity index (χ0n) is 8.75. The summed E-state index contributed by atoms with van der Waals surface area (Å²) in [6.07, 6.45) is 5.32. The minimum Gasteiger partial charge on any atom is -0.354 e. The van der Waals surface area contributed by atoms with Gasteiger partial charge in [-0.1, -0.05) is 0 Å². The lowest BCUT2D eigenvalue weighted by Crippen LogP contribution is -2.47. The lowest BCUT2D eigenvalue weighted by molar-refractivity contribution is -0.794. The molecule has 0 aromatic carbocycles. The maximum atomic E-state index is 10.4. The lowest BCUT2D eigenvalue weighted by atomic mass is 10.2. The van der Waals surface area contributed by atoms with Crippen molar-refractivity contribution < 1.29 is 19.3 Å². The minimum absolute atomic E-state index is 0.240. The lowest BCUT2D eigenvalue weighted by Gasteiger charge is -2.12. The highest BCUT2D eigenvalue weighted by molar-refractivity contribution is 4.82. The van der Waals surface area contributed by atoms with Gasteiger partial charge in [-0.25, -0.2) is 0 Å². The van der Waals surface area contributed by atoms with Crippen molar-refractivity contribution >= 4 is 0 Å². The van der Waals surface area contributed by atoms with Crippen LogP contribution in [0.3, 0.4) is 0 Å². The molecule has 0 N–H and O–H groups in total. The second-order valence-electron chi connectivity index (χ2n) is 3.06. The van der Waals surface area contributed by atoms with Gasteiger partial charge in [-0.2, -0.15) is 0 Å². The minimum atomic E-state index is -2.35. The molecule has 0 aromatic heterocycles. The zero-order chi connectivity index (χ0) is 12.6. The van der Waals surface area contributed by atoms with Crippen LogP contribution in [0.25, 0.3) is 0 Å². The monoisotopic (exact) mass is 232 g/mol. The van der Waals surface area contributed by atoms with Crippen molar-refractivity contribution in [1.82, 2.24) is 0 Å². The van der Waals surface area contributed by atoms with Crippen LogP contribution < -0.4 is 0 Å². The fraction of sp³-hybridized carbons (Fsp3) is 0.750. The van der Waals surface area contributed by atoms with E-state index >= 15 is 0 Å². The highest BCUT2D eigenvalue weighted by atomic mass is 16.7. The molecule has 8 heteroatoms. The Morgan fingerprint density at radius 1 is 1.31 bits per heavy atom. The second kappa shape index (κ2) is 6.71. The Morgan fingerprint density at radius 2 is 1.88 bits per heavy atom. The Kier molecular flexibility index (Phi) is 5.99. The number of terminal acetylenes is 1. The maximum Gasteiger partial charge on any atom is 0.478 e. The molecule has 0 heterocycles. The molecular formula is C8H12N2O6. The third kappa shape index (κ3) is 4.20. The quantitative estimate of drug-likeness (QED) is 0.195. The van der Waals surface area contributed by atoms with E-state index in [2.05, 4.69) is 5.92 Å². The van der Waals surface area contributed by atoms with Crippen LogP contribution in [0, 0.1) is 32.6 Å². The van der Waals surface area contributed by atoms with Gasteiger partial charge in [0.1, 0.15) is 16.6 Å². The average Bonchev–Trinajstić information content (AvgIpc) is 2.22. The summed E-state index contributed by atoms with van der Waals surface area (Å²) in [4.78, 5) is 18.9. The molecule has 0 spiro atoms. The second-order valence-corrected chi connectivity index (χ2v) is 3.06. The van der Waals surface area contributed by atoms with Crippen molar-refractivity contribution in [1.29, 1.82) is 0 Å². The number of hydrogen-bond acceptors (Lipinski definition) is 6. The van der Waals surface area contributed by atoms with Crippen LogP contribution in [0.5, 0.6) is 0 Å². The Morgan fingerprint density at radius 3 is 2.31 bits per heavy atom. The number of ether oxygens (including phenoxy) is 2. The van der Waals surface area contributed by atoms with E-state index in [0.717, 1.165) is 6.92 Å². The van der Waals surface area contributed by atoms with Crippen molar-refractivity contribution in [3.05, 3.63) is 20.2 Å². The SMILES string of the molecule is C#CCCOCOCC(C)([N+](=O)[O-])[N+](=O)[O-]. The first-order valence-electron chi connectivity index (χ1n) is 4.33. The molecule has 0 unspecified atom stereocenters. The largest absolute Gasteiger partial charge is 0.478 e. The topological polar surface area (TPSA) is 105 Å². The van der Waals surface area contributed by atoms with E-state index in [1.165, 1.54) is 0 Å². The summed E-state index contributed by atoms with van der Waals surface area (Å²) in [6, 6.07) is 0. The van der Waals surface area contributed by atoms with Crippen LogP contribution >= 0.6 is 0 Å². The molecule has 0 saturated carbocycles. The number of nitrogens with zero attached hydrogens (tertiary/aromatic N) is 2. The molecule has 0 aliphatic heterocycles. The van der Waals surface area contributed by atoms with Crippen molar-refractivity contribution in [2.75, 3.05) is 20.0 Å². The molecule has 0 amide bonds. The maximum absolute atomic E-state index is 10.4. The third-order valence-corrected chi connectivity index (χ3v) is 1.72. The fourth-order valence-electron chi connectivity index (χ4n) is 0.656. The van der Waals surface area contributed by atoms with E-state index in [9.17, 15) is 20.2 Å². The predicted octanol–water partition coefficient (Wildman–Crippen LogP) is 0.270. The van der Waals surface area contributed by atoms with Crippen LogP contribution in [0.2, 0.25) is 0 Å². The highest BCUT2D eigenvalue weighted by Crippen LogP contribution is 2.10. The zero-order valence-corrected chi connectivity index (χ0v) is 8.75. The van der Waals surface area contributed by atoms with Crippen molar-refractivity contribution in [3.8, 4) is 12.3 Å². The first-order valence-corrected chi connectivity index (χ1v) is 4.33. The number of hydrogen-bond donors (Lipinski definition) is 0. The first kappa shape index (κ1) is 14.3. The summed E-state index contributed by atoms with van der Waals surface area (Å²) in [5.41, 5.74) is -2.35. The third-order valence-electron chi connectivity index (χ3n) is 1.72. The van der Waals surface area contributed by atoms with E-state index < -0.39 is 22.1 Å². The van der Waals surface area contributed by atoms with Crippen LogP contribution in [-0.4, -0.2) is 35.5 Å². The molecule has 0 bridgehead atoms. The Balaban J connectivity index is 3.93. The van der Waals surface area contributed by atoms with E-state index in [1.807, 2.05) is 0 Å². The molecule has 16 heavy (non-hydrogen) atoms. The molecule has 0 fully saturated rings. The molecule has 0 saturated heterocycles. The molecule has 90 valence electrons. The molecule has 0 rings (SSSR count). The van der Waals surface area contributed by atoms with Gasteiger partial charge < -0.3 is 9.47 Å². The van der Waals surface area contributed by atoms with E-state index in [1.54, 1.807) is 0 Å². The summed E-state index contributed by atoms with van der Waals surface area (Å²) in [5, 5.41) is 20.9. The van der Waals surface area contributed by atoms with Crippen LogP contribution in [0.15, 0.2) is 0 Å². The van der Waals surface area contributed by atoms with E-state index in [4.69, 9.17) is 15.9 Å². The summed E-state index contributed by atoms with van der Waals surface area (Å²) in [5.74, 6) is 2.31. The van der Waals surface area contributed by atoms with Crippen molar-refractivity contribution in [3.63, 3.8) is 0 Å². The van der Waals surface area contributed by atoms with Gasteiger partial charge in [0.25, 0.3) is 0 Å². The van der Waals surface area contributed by atoms with Gasteiger partial charge in [0.05, 0.1) is 13.5 Å². The highest BCUT2D eigenvalue weighted by Gasteiger charge is 2.51. The number of rotatable bonds is 8. The fourth-order valence-corrected chi connectivity index (χ4v) is 0.656. The van der Waals surface area contributed by atoms with Gasteiger partial charge in [-0.15, -0.1) is 12.3 Å². The molecular weight excluding hydrogens is 220 g/mol. The van der Waals surface area contributed by atoms with Gasteiger partial charge in [0.15, 0.2) is 6.61 Å². The van der Waals surface area contributed by atoms with Crippen LogP contribution in [0.1, 0.15) is 13.3 Å². The molecule has 0 aliphatic carbocycles. The van der Waals surface area contributed by atoms with Gasteiger partial charge >= 0.3 is 5.66 Å². The summed E-state index contributed by atoms with van der Waals surface area (Å²) in [7, 11) is 0. The van der Waals surface area contributed by atoms with Crippen LogP contribution in [-0.2, 0) is 9.47 Å². The normalized spacial score (nSPS) is 10.8. The first-order chi connectivity index (χ1) is 7.45. The molecule has 8 nitrogen and oxygen atoms in total. The summed E-state index contributed by atoms with van der Waals surface area (Å²) < 4.78 is 9.51. The summed E-state index contributed by atoms with van der Waals surface area (Å²) >= 11 is 0.